The summed E-state index contributed by atoms with van der Waals surface area (Å²) in [5, 5.41) is 2.12. The lowest BCUT2D eigenvalue weighted by atomic mass is 10.4. The van der Waals surface area contributed by atoms with Crippen molar-refractivity contribution in [3.63, 3.8) is 0 Å². The van der Waals surface area contributed by atoms with E-state index in [9.17, 15) is 0 Å². The quantitative estimate of drug-likeness (QED) is 0.730. The lowest BCUT2D eigenvalue weighted by molar-refractivity contribution is 1.42. The summed E-state index contributed by atoms with van der Waals surface area (Å²) in [5.41, 5.74) is 0. The van der Waals surface area contributed by atoms with E-state index in [4.69, 9.17) is 0 Å². The van der Waals surface area contributed by atoms with Crippen LogP contribution in [0, 0.1) is 0 Å². The second-order valence-electron chi connectivity index (χ2n) is 2.79. The third-order valence-electron chi connectivity index (χ3n) is 1.80. The highest BCUT2D eigenvalue weighted by atomic mass is 79.9. The van der Waals surface area contributed by atoms with Gasteiger partial charge in [-0.15, -0.1) is 23.1 Å². The fourth-order valence-corrected chi connectivity index (χ4v) is 3.81. The maximum Gasteiger partial charge on any atom is 0.0337 e. The average molecular weight is 285 g/mol. The van der Waals surface area contributed by atoms with Crippen molar-refractivity contribution in [2.24, 2.45) is 0 Å². The molecule has 14 heavy (non-hydrogen) atoms. The van der Waals surface area contributed by atoms with Gasteiger partial charge in [0.15, 0.2) is 0 Å². The van der Waals surface area contributed by atoms with Gasteiger partial charge in [0.25, 0.3) is 0 Å². The second kappa shape index (κ2) is 5.01. The van der Waals surface area contributed by atoms with Crippen molar-refractivity contribution in [3.8, 4) is 0 Å². The Morgan fingerprint density at radius 2 is 1.93 bits per heavy atom. The van der Waals surface area contributed by atoms with Crippen LogP contribution in [0.4, 0.5) is 0 Å². The smallest absolute Gasteiger partial charge is 0.0337 e. The molecule has 2 aromatic rings. The molecule has 1 aromatic heterocycles. The number of hydrogen-bond donors (Lipinski definition) is 0. The largest absolute Gasteiger partial charge is 0.147 e. The molecule has 72 valence electrons. The normalized spacial score (nSPS) is 10.4. The molecule has 0 aliphatic heterocycles. The molecule has 0 nitrogen and oxygen atoms in total. The molecule has 0 unspecified atom stereocenters. The maximum atomic E-state index is 3.54. The van der Waals surface area contributed by atoms with Gasteiger partial charge >= 0.3 is 0 Å². The molecule has 0 amide bonds. The summed E-state index contributed by atoms with van der Waals surface area (Å²) >= 11 is 7.21. The zero-order valence-corrected chi connectivity index (χ0v) is 10.7. The van der Waals surface area contributed by atoms with Crippen molar-refractivity contribution in [3.05, 3.63) is 51.1 Å². The fourth-order valence-electron chi connectivity index (χ4n) is 1.09. The first-order valence-corrected chi connectivity index (χ1v) is 6.92. The van der Waals surface area contributed by atoms with Crippen LogP contribution in [0.3, 0.4) is 0 Å². The maximum absolute atomic E-state index is 3.54. The summed E-state index contributed by atoms with van der Waals surface area (Å²) in [6, 6.07) is 12.6. The van der Waals surface area contributed by atoms with Crippen molar-refractivity contribution >= 4 is 39.0 Å². The van der Waals surface area contributed by atoms with E-state index in [1.807, 2.05) is 17.8 Å². The van der Waals surface area contributed by atoms with E-state index in [0.717, 1.165) is 5.75 Å². The molecule has 0 aliphatic rings. The molecule has 2 rings (SSSR count). The van der Waals surface area contributed by atoms with Crippen molar-refractivity contribution in [1.29, 1.82) is 0 Å². The van der Waals surface area contributed by atoms with Crippen molar-refractivity contribution in [2.75, 3.05) is 0 Å². The molecule has 0 fully saturated rings. The number of hydrogen-bond acceptors (Lipinski definition) is 2. The first-order chi connectivity index (χ1) is 6.86. The Kier molecular flexibility index (Phi) is 3.67. The van der Waals surface area contributed by atoms with Gasteiger partial charge in [0, 0.05) is 20.0 Å². The van der Waals surface area contributed by atoms with Gasteiger partial charge in [0.2, 0.25) is 0 Å². The summed E-state index contributed by atoms with van der Waals surface area (Å²) < 4.78 is 1.23. The standard InChI is InChI=1S/C11H9BrS2/c12-10-6-7-13-11(10)8-14-9-4-2-1-3-5-9/h1-7H,8H2. The lowest BCUT2D eigenvalue weighted by Gasteiger charge is -1.99. The summed E-state index contributed by atoms with van der Waals surface area (Å²) in [6.07, 6.45) is 0. The summed E-state index contributed by atoms with van der Waals surface area (Å²) in [6.45, 7) is 0. The van der Waals surface area contributed by atoms with Gasteiger partial charge in [-0.2, -0.15) is 0 Å². The number of rotatable bonds is 3. The molecule has 0 aliphatic carbocycles. The van der Waals surface area contributed by atoms with Crippen LogP contribution in [0.2, 0.25) is 0 Å². The fraction of sp³-hybridized carbons (Fsp3) is 0.0909. The molecule has 0 radical (unpaired) electrons. The Morgan fingerprint density at radius 3 is 2.57 bits per heavy atom. The molecule has 0 bridgehead atoms. The minimum absolute atomic E-state index is 1.04. The average Bonchev–Trinajstić information content (AvgIpc) is 2.63. The zero-order chi connectivity index (χ0) is 9.80. The third-order valence-corrected chi connectivity index (χ3v) is 4.95. The molecule has 0 N–H and O–H groups in total. The number of thiophene rings is 1. The monoisotopic (exact) mass is 284 g/mol. The SMILES string of the molecule is Brc1ccsc1CSc1ccccc1. The predicted molar refractivity (Wildman–Crippen MR) is 68.0 cm³/mol. The van der Waals surface area contributed by atoms with Crippen LogP contribution < -0.4 is 0 Å². The Morgan fingerprint density at radius 1 is 1.14 bits per heavy atom. The van der Waals surface area contributed by atoms with E-state index in [-0.39, 0.29) is 0 Å². The molecule has 3 heteroatoms. The number of halogens is 1. The van der Waals surface area contributed by atoms with E-state index in [2.05, 4.69) is 51.6 Å². The molecule has 0 saturated carbocycles. The minimum Gasteiger partial charge on any atom is -0.147 e. The van der Waals surface area contributed by atoms with Crippen LogP contribution in [0.5, 0.6) is 0 Å². The highest BCUT2D eigenvalue weighted by Crippen LogP contribution is 2.30. The van der Waals surface area contributed by atoms with Crippen LogP contribution in [-0.2, 0) is 5.75 Å². The third kappa shape index (κ3) is 2.62. The van der Waals surface area contributed by atoms with E-state index < -0.39 is 0 Å². The Balaban J connectivity index is 1.99. The van der Waals surface area contributed by atoms with Gasteiger partial charge in [-0.05, 0) is 39.5 Å². The van der Waals surface area contributed by atoms with Crippen LogP contribution in [-0.4, -0.2) is 0 Å². The van der Waals surface area contributed by atoms with Crippen molar-refractivity contribution < 1.29 is 0 Å². The van der Waals surface area contributed by atoms with E-state index in [0.29, 0.717) is 0 Å². The Hall–Kier alpha value is -0.250. The molecule has 0 spiro atoms. The lowest BCUT2D eigenvalue weighted by Crippen LogP contribution is -1.75. The topological polar surface area (TPSA) is 0 Å². The number of thioether (sulfide) groups is 1. The van der Waals surface area contributed by atoms with Gasteiger partial charge in [-0.25, -0.2) is 0 Å². The van der Waals surface area contributed by atoms with Crippen LogP contribution >= 0.6 is 39.0 Å². The van der Waals surface area contributed by atoms with Crippen LogP contribution in [0.25, 0.3) is 0 Å². The molecule has 1 heterocycles. The van der Waals surface area contributed by atoms with Gasteiger partial charge in [0.05, 0.1) is 0 Å². The van der Waals surface area contributed by atoms with Gasteiger partial charge in [-0.3, -0.25) is 0 Å². The van der Waals surface area contributed by atoms with E-state index in [1.54, 1.807) is 11.3 Å². The summed E-state index contributed by atoms with van der Waals surface area (Å²) in [4.78, 5) is 2.73. The Labute approximate surface area is 100 Å². The predicted octanol–water partition coefficient (Wildman–Crippen LogP) is 4.80. The molecule has 0 saturated heterocycles. The van der Waals surface area contributed by atoms with Crippen molar-refractivity contribution in [1.82, 2.24) is 0 Å². The number of benzene rings is 1. The molecular formula is C11H9BrS2. The van der Waals surface area contributed by atoms with Crippen LogP contribution in [0.1, 0.15) is 4.88 Å². The summed E-state index contributed by atoms with van der Waals surface area (Å²) in [5.74, 6) is 1.04. The first-order valence-electron chi connectivity index (χ1n) is 4.26. The van der Waals surface area contributed by atoms with Gasteiger partial charge in [0.1, 0.15) is 0 Å². The Bertz CT molecular complexity index is 395. The first kappa shape index (κ1) is 10.3. The van der Waals surface area contributed by atoms with E-state index in [1.165, 1.54) is 14.2 Å². The molecular weight excluding hydrogens is 276 g/mol. The highest BCUT2D eigenvalue weighted by molar-refractivity contribution is 9.10. The van der Waals surface area contributed by atoms with Crippen molar-refractivity contribution in [2.45, 2.75) is 10.6 Å². The zero-order valence-electron chi connectivity index (χ0n) is 7.44. The molecule has 1 aromatic carbocycles. The summed E-state index contributed by atoms with van der Waals surface area (Å²) in [7, 11) is 0. The highest BCUT2D eigenvalue weighted by Gasteiger charge is 2.01. The second-order valence-corrected chi connectivity index (χ2v) is 5.70. The van der Waals surface area contributed by atoms with Crippen LogP contribution in [0.15, 0.2) is 51.1 Å². The van der Waals surface area contributed by atoms with Gasteiger partial charge in [-0.1, -0.05) is 18.2 Å². The minimum atomic E-state index is 1.04. The van der Waals surface area contributed by atoms with Gasteiger partial charge < -0.3 is 0 Å². The molecule has 0 atom stereocenters. The van der Waals surface area contributed by atoms with E-state index >= 15 is 0 Å².